The van der Waals surface area contributed by atoms with E-state index in [1.807, 2.05) is 57.2 Å². The number of carbonyl (C=O) groups is 1. The molecular weight excluding hydrogens is 376 g/mol. The molecule has 1 unspecified atom stereocenters. The maximum atomic E-state index is 13.7. The fourth-order valence-electron chi connectivity index (χ4n) is 4.35. The van der Waals surface area contributed by atoms with Gasteiger partial charge in [-0.15, -0.1) is 0 Å². The molecule has 156 valence electrons. The summed E-state index contributed by atoms with van der Waals surface area (Å²) in [6.07, 6.45) is 5.23. The van der Waals surface area contributed by atoms with Gasteiger partial charge >= 0.3 is 0 Å². The van der Waals surface area contributed by atoms with Crippen LogP contribution in [0.15, 0.2) is 64.8 Å². The highest BCUT2D eigenvalue weighted by molar-refractivity contribution is 6.43. The zero-order chi connectivity index (χ0) is 21.6. The van der Waals surface area contributed by atoms with Crippen molar-refractivity contribution in [1.82, 2.24) is 9.80 Å². The number of aliphatic imine (C=N–C) groups is 1. The van der Waals surface area contributed by atoms with Crippen molar-refractivity contribution < 1.29 is 9.53 Å². The normalized spacial score (nSPS) is 23.7. The van der Waals surface area contributed by atoms with Gasteiger partial charge in [0, 0.05) is 25.2 Å². The van der Waals surface area contributed by atoms with Gasteiger partial charge in [-0.3, -0.25) is 9.69 Å². The second-order valence-electron chi connectivity index (χ2n) is 7.92. The monoisotopic (exact) mass is 404 g/mol. The quantitative estimate of drug-likeness (QED) is 0.725. The van der Waals surface area contributed by atoms with Crippen LogP contribution in [0.2, 0.25) is 0 Å². The predicted molar refractivity (Wildman–Crippen MR) is 122 cm³/mol. The number of benzene rings is 1. The number of rotatable bonds is 3. The molecule has 0 bridgehead atoms. The van der Waals surface area contributed by atoms with Crippen LogP contribution in [0.1, 0.15) is 12.5 Å². The third kappa shape index (κ3) is 2.99. The first-order valence-electron chi connectivity index (χ1n) is 10.1. The van der Waals surface area contributed by atoms with E-state index in [2.05, 4.69) is 23.4 Å². The van der Waals surface area contributed by atoms with Crippen molar-refractivity contribution in [1.29, 1.82) is 0 Å². The topological polar surface area (TPSA) is 48.4 Å². The summed E-state index contributed by atoms with van der Waals surface area (Å²) < 4.78 is 5.90. The number of anilines is 1. The minimum Gasteiger partial charge on any atom is -0.490 e. The number of likely N-dealkylation sites (N-methyl/N-ethyl adjacent to an activating group) is 1. The Kier molecular flexibility index (Phi) is 5.12. The van der Waals surface area contributed by atoms with E-state index in [0.29, 0.717) is 17.8 Å². The summed E-state index contributed by atoms with van der Waals surface area (Å²) in [4.78, 5) is 25.0. The molecule has 3 aliphatic rings. The molecule has 6 nitrogen and oxygen atoms in total. The Bertz CT molecular complexity index is 1050. The lowest BCUT2D eigenvalue weighted by Crippen LogP contribution is -2.38. The van der Waals surface area contributed by atoms with Crippen LogP contribution in [0.5, 0.6) is 5.75 Å². The molecule has 0 fully saturated rings. The summed E-state index contributed by atoms with van der Waals surface area (Å²) >= 11 is 0. The number of ether oxygens (including phenoxy) is 1. The molecule has 1 aromatic carbocycles. The van der Waals surface area contributed by atoms with E-state index in [9.17, 15) is 4.79 Å². The van der Waals surface area contributed by atoms with Crippen molar-refractivity contribution in [2.45, 2.75) is 13.2 Å². The minimum absolute atomic E-state index is 0.0210. The smallest absolute Gasteiger partial charge is 0.196 e. The number of ketones is 1. The Balaban J connectivity index is 1.97. The second kappa shape index (κ2) is 7.61. The first-order valence-corrected chi connectivity index (χ1v) is 10.1. The highest BCUT2D eigenvalue weighted by Gasteiger charge is 2.41. The van der Waals surface area contributed by atoms with Gasteiger partial charge in [-0.05, 0) is 38.7 Å². The van der Waals surface area contributed by atoms with Gasteiger partial charge in [-0.25, -0.2) is 4.99 Å². The zero-order valence-corrected chi connectivity index (χ0v) is 18.3. The van der Waals surface area contributed by atoms with E-state index in [1.165, 1.54) is 0 Å². The molecule has 1 aliphatic carbocycles. The molecule has 0 aromatic heterocycles. The molecule has 0 saturated heterocycles. The summed E-state index contributed by atoms with van der Waals surface area (Å²) in [5.41, 5.74) is 5.70. The van der Waals surface area contributed by atoms with Crippen LogP contribution >= 0.6 is 0 Å². The third-order valence-electron chi connectivity index (χ3n) is 5.80. The Morgan fingerprint density at radius 2 is 2.03 bits per heavy atom. The van der Waals surface area contributed by atoms with E-state index >= 15 is 0 Å². The highest BCUT2D eigenvalue weighted by Crippen LogP contribution is 2.42. The van der Waals surface area contributed by atoms with Gasteiger partial charge in [0.1, 0.15) is 12.4 Å². The number of nitrogens with zero attached hydrogens (tertiary/aromatic N) is 4. The third-order valence-corrected chi connectivity index (χ3v) is 5.80. The molecular formula is C24H28N4O2. The fourth-order valence-corrected chi connectivity index (χ4v) is 4.35. The maximum Gasteiger partial charge on any atom is 0.196 e. The van der Waals surface area contributed by atoms with Crippen LogP contribution < -0.4 is 9.64 Å². The average molecular weight is 405 g/mol. The lowest BCUT2D eigenvalue weighted by molar-refractivity contribution is -0.110. The molecule has 0 N–H and O–H groups in total. The minimum atomic E-state index is -0.171. The van der Waals surface area contributed by atoms with Gasteiger partial charge in [-0.1, -0.05) is 30.9 Å². The SMILES string of the molecule is C=C/C=C1/C(=O)C(c2ccc3c(c2)OCCN3C)=C2C(=NC(N(C)C)N2C)/C1=C/C. The predicted octanol–water partition coefficient (Wildman–Crippen LogP) is 3.10. The molecule has 0 radical (unpaired) electrons. The van der Waals surface area contributed by atoms with Gasteiger partial charge in [0.25, 0.3) is 0 Å². The molecule has 0 saturated carbocycles. The fraction of sp³-hybridized carbons (Fsp3) is 0.333. The molecule has 4 rings (SSSR count). The Labute approximate surface area is 178 Å². The lowest BCUT2D eigenvalue weighted by Gasteiger charge is -2.31. The number of hydrogen-bond acceptors (Lipinski definition) is 6. The number of Topliss-reactive ketones (excluding diaryl/α,β-unsaturated/α-hetero) is 1. The molecule has 30 heavy (non-hydrogen) atoms. The second-order valence-corrected chi connectivity index (χ2v) is 7.92. The van der Waals surface area contributed by atoms with Crippen LogP contribution in [-0.4, -0.2) is 68.9 Å². The van der Waals surface area contributed by atoms with Crippen molar-refractivity contribution in [3.8, 4) is 5.75 Å². The molecule has 2 aliphatic heterocycles. The molecule has 0 amide bonds. The van der Waals surface area contributed by atoms with E-state index in [4.69, 9.17) is 9.73 Å². The molecule has 0 spiro atoms. The summed E-state index contributed by atoms with van der Waals surface area (Å²) in [7, 11) is 8.02. The van der Waals surface area contributed by atoms with E-state index < -0.39 is 0 Å². The van der Waals surface area contributed by atoms with E-state index in [1.54, 1.807) is 12.2 Å². The first-order chi connectivity index (χ1) is 14.4. The number of allylic oxidation sites excluding steroid dienone is 6. The van der Waals surface area contributed by atoms with Crippen LogP contribution in [-0.2, 0) is 4.79 Å². The maximum absolute atomic E-state index is 13.7. The molecule has 6 heteroatoms. The summed E-state index contributed by atoms with van der Waals surface area (Å²) in [6.45, 7) is 7.23. The van der Waals surface area contributed by atoms with E-state index in [-0.39, 0.29) is 12.1 Å². The van der Waals surface area contributed by atoms with Crippen LogP contribution in [0.4, 0.5) is 5.69 Å². The first kappa shape index (κ1) is 20.2. The number of hydrogen-bond donors (Lipinski definition) is 0. The Morgan fingerprint density at radius 1 is 1.27 bits per heavy atom. The van der Waals surface area contributed by atoms with Crippen LogP contribution in [0.3, 0.4) is 0 Å². The Morgan fingerprint density at radius 3 is 2.70 bits per heavy atom. The highest BCUT2D eigenvalue weighted by atomic mass is 16.5. The van der Waals surface area contributed by atoms with Gasteiger partial charge in [0.2, 0.25) is 0 Å². The standard InChI is InChI=1S/C24H28N4O2/c1-7-9-17-16(8-2)21-22(28(6)24(25-21)26(3)4)20(23(17)29)15-10-11-18-19(14-15)30-13-12-27(18)5/h7-11,14,24H,1,12-13H2,2-6H3/b16-8+,17-9+. The molecule has 1 atom stereocenters. The molecule has 1 aromatic rings. The van der Waals surface area contributed by atoms with Crippen molar-refractivity contribution in [2.24, 2.45) is 4.99 Å². The van der Waals surface area contributed by atoms with Crippen LogP contribution in [0.25, 0.3) is 5.57 Å². The number of fused-ring (bicyclic) bond motifs is 2. The Hall–Kier alpha value is -3.12. The summed E-state index contributed by atoms with van der Waals surface area (Å²) in [5.74, 6) is 0.781. The summed E-state index contributed by atoms with van der Waals surface area (Å²) in [5, 5.41) is 0. The van der Waals surface area contributed by atoms with Gasteiger partial charge in [-0.2, -0.15) is 0 Å². The van der Waals surface area contributed by atoms with Gasteiger partial charge in [0.05, 0.1) is 29.2 Å². The van der Waals surface area contributed by atoms with Crippen molar-refractivity contribution in [3.05, 3.63) is 65.4 Å². The van der Waals surface area contributed by atoms with Crippen molar-refractivity contribution in [3.63, 3.8) is 0 Å². The number of carbonyl (C=O) groups excluding carboxylic acids is 1. The van der Waals surface area contributed by atoms with E-state index in [0.717, 1.165) is 40.5 Å². The van der Waals surface area contributed by atoms with Gasteiger partial charge < -0.3 is 14.5 Å². The van der Waals surface area contributed by atoms with Crippen LogP contribution in [0, 0.1) is 0 Å². The largest absolute Gasteiger partial charge is 0.490 e. The van der Waals surface area contributed by atoms with Crippen molar-refractivity contribution >= 4 is 22.8 Å². The summed E-state index contributed by atoms with van der Waals surface area (Å²) in [6, 6.07) is 6.01. The average Bonchev–Trinajstić information content (AvgIpc) is 3.06. The zero-order valence-electron chi connectivity index (χ0n) is 18.3. The lowest BCUT2D eigenvalue weighted by atomic mass is 9.81. The van der Waals surface area contributed by atoms with Gasteiger partial charge in [0.15, 0.2) is 12.1 Å². The molecule has 2 heterocycles. The van der Waals surface area contributed by atoms with Crippen molar-refractivity contribution in [2.75, 3.05) is 46.2 Å².